The third-order valence-electron chi connectivity index (χ3n) is 4.30. The first-order valence-electron chi connectivity index (χ1n) is 8.61. The molecule has 5 heteroatoms. The second-order valence-electron chi connectivity index (χ2n) is 6.10. The molecule has 1 aliphatic rings. The molecular weight excluding hydrogens is 331 g/mol. The molecule has 0 aliphatic carbocycles. The Morgan fingerprint density at radius 3 is 2.54 bits per heavy atom. The molecule has 3 rings (SSSR count). The first kappa shape index (κ1) is 17.9. The van der Waals surface area contributed by atoms with Crippen molar-refractivity contribution in [2.75, 3.05) is 7.11 Å². The zero-order valence-electron chi connectivity index (χ0n) is 14.9. The number of hydrogen-bond donors (Lipinski definition) is 1. The number of rotatable bonds is 6. The van der Waals surface area contributed by atoms with Crippen LogP contribution in [0.4, 0.5) is 4.39 Å². The predicted molar refractivity (Wildman–Crippen MR) is 101 cm³/mol. The molecule has 1 aliphatic heterocycles. The summed E-state index contributed by atoms with van der Waals surface area (Å²) in [5.74, 6) is 0.852. The van der Waals surface area contributed by atoms with E-state index in [-0.39, 0.29) is 11.7 Å². The van der Waals surface area contributed by atoms with Crippen LogP contribution in [0, 0.1) is 5.82 Å². The Morgan fingerprint density at radius 2 is 1.85 bits per heavy atom. The number of amides is 1. The third kappa shape index (κ3) is 4.17. The standard InChI is InChI=1S/C21H21FN2O2/c1-3-14-6-10-19(26-2)16(12-14)13-18-21(25)24-20(23-18)11-7-15-4-8-17(22)9-5-15/h4-6,8-10,12-13H,3,7,11H2,1-2H3,(H,23,24,25)/b18-13+. The maximum atomic E-state index is 13.0. The van der Waals surface area contributed by atoms with E-state index in [1.54, 1.807) is 25.3 Å². The lowest BCUT2D eigenvalue weighted by Gasteiger charge is -2.07. The van der Waals surface area contributed by atoms with Gasteiger partial charge in [0.1, 0.15) is 23.1 Å². The highest BCUT2D eigenvalue weighted by molar-refractivity contribution is 6.14. The van der Waals surface area contributed by atoms with E-state index in [1.165, 1.54) is 12.1 Å². The number of hydrogen-bond acceptors (Lipinski definition) is 3. The van der Waals surface area contributed by atoms with Crippen molar-refractivity contribution in [2.45, 2.75) is 26.2 Å². The van der Waals surface area contributed by atoms with Gasteiger partial charge in [-0.05, 0) is 54.3 Å². The van der Waals surface area contributed by atoms with Gasteiger partial charge in [-0.1, -0.05) is 25.1 Å². The minimum atomic E-state index is -0.256. The number of carbonyl (C=O) groups is 1. The van der Waals surface area contributed by atoms with Crippen molar-refractivity contribution in [3.8, 4) is 5.75 Å². The van der Waals surface area contributed by atoms with Crippen LogP contribution >= 0.6 is 0 Å². The summed E-state index contributed by atoms with van der Waals surface area (Å²) in [5.41, 5.74) is 3.36. The lowest BCUT2D eigenvalue weighted by molar-refractivity contribution is -0.115. The van der Waals surface area contributed by atoms with Crippen LogP contribution < -0.4 is 10.1 Å². The second kappa shape index (κ2) is 7.95. The molecule has 1 N–H and O–H groups in total. The molecule has 1 heterocycles. The number of nitrogens with zero attached hydrogens (tertiary/aromatic N) is 1. The monoisotopic (exact) mass is 352 g/mol. The maximum Gasteiger partial charge on any atom is 0.275 e. The van der Waals surface area contributed by atoms with Gasteiger partial charge < -0.3 is 10.1 Å². The van der Waals surface area contributed by atoms with E-state index in [9.17, 15) is 9.18 Å². The van der Waals surface area contributed by atoms with Crippen molar-refractivity contribution in [1.82, 2.24) is 5.32 Å². The Labute approximate surface area is 152 Å². The topological polar surface area (TPSA) is 50.7 Å². The van der Waals surface area contributed by atoms with E-state index >= 15 is 0 Å². The van der Waals surface area contributed by atoms with Crippen LogP contribution in [0.2, 0.25) is 0 Å². The fourth-order valence-electron chi connectivity index (χ4n) is 2.81. The summed E-state index contributed by atoms with van der Waals surface area (Å²) in [6, 6.07) is 12.3. The van der Waals surface area contributed by atoms with Crippen LogP contribution in [0.25, 0.3) is 6.08 Å². The number of nitrogens with one attached hydrogen (secondary N) is 1. The zero-order chi connectivity index (χ0) is 18.5. The highest BCUT2D eigenvalue weighted by atomic mass is 19.1. The quantitative estimate of drug-likeness (QED) is 0.802. The van der Waals surface area contributed by atoms with Crippen LogP contribution in [0.3, 0.4) is 0 Å². The SMILES string of the molecule is CCc1ccc(OC)c(/C=C2/N=C(CCc3ccc(F)cc3)NC2=O)c1. The molecule has 2 aromatic rings. The molecule has 0 saturated heterocycles. The van der Waals surface area contributed by atoms with E-state index in [2.05, 4.69) is 17.2 Å². The molecule has 0 bridgehead atoms. The lowest BCUT2D eigenvalue weighted by Crippen LogP contribution is -2.24. The number of benzene rings is 2. The number of ether oxygens (including phenoxy) is 1. The van der Waals surface area contributed by atoms with E-state index < -0.39 is 0 Å². The van der Waals surface area contributed by atoms with E-state index in [1.807, 2.05) is 18.2 Å². The fraction of sp³-hybridized carbons (Fsp3) is 0.238. The summed E-state index contributed by atoms with van der Waals surface area (Å²) in [6.07, 6.45) is 3.92. The van der Waals surface area contributed by atoms with Crippen LogP contribution in [0.5, 0.6) is 5.75 Å². The summed E-state index contributed by atoms with van der Waals surface area (Å²) in [4.78, 5) is 16.6. The van der Waals surface area contributed by atoms with E-state index in [0.29, 0.717) is 30.1 Å². The molecule has 4 nitrogen and oxygen atoms in total. The Hall–Kier alpha value is -2.95. The van der Waals surface area contributed by atoms with Crippen molar-refractivity contribution in [3.63, 3.8) is 0 Å². The summed E-state index contributed by atoms with van der Waals surface area (Å²) >= 11 is 0. The van der Waals surface area contributed by atoms with Crippen LogP contribution in [-0.2, 0) is 17.6 Å². The summed E-state index contributed by atoms with van der Waals surface area (Å²) in [5, 5.41) is 2.80. The minimum Gasteiger partial charge on any atom is -0.496 e. The normalized spacial score (nSPS) is 15.1. The number of methoxy groups -OCH3 is 1. The van der Waals surface area contributed by atoms with Gasteiger partial charge in [0, 0.05) is 12.0 Å². The molecule has 0 atom stereocenters. The van der Waals surface area contributed by atoms with Crippen molar-refractivity contribution < 1.29 is 13.9 Å². The van der Waals surface area contributed by atoms with E-state index in [4.69, 9.17) is 4.74 Å². The molecule has 26 heavy (non-hydrogen) atoms. The fourth-order valence-corrected chi connectivity index (χ4v) is 2.81. The Morgan fingerprint density at radius 1 is 1.12 bits per heavy atom. The average molecular weight is 352 g/mol. The van der Waals surface area contributed by atoms with Gasteiger partial charge in [0.25, 0.3) is 5.91 Å². The van der Waals surface area contributed by atoms with Gasteiger partial charge in [-0.25, -0.2) is 9.38 Å². The van der Waals surface area contributed by atoms with Gasteiger partial charge in [-0.15, -0.1) is 0 Å². The number of amidine groups is 1. The molecule has 0 fully saturated rings. The number of carbonyl (C=O) groups excluding carboxylic acids is 1. The van der Waals surface area contributed by atoms with E-state index in [0.717, 1.165) is 23.1 Å². The van der Waals surface area contributed by atoms with Crippen LogP contribution in [-0.4, -0.2) is 18.9 Å². The number of aliphatic imine (C=N–C) groups is 1. The Balaban J connectivity index is 1.77. The molecule has 0 radical (unpaired) electrons. The third-order valence-corrected chi connectivity index (χ3v) is 4.30. The Bertz CT molecular complexity index is 870. The smallest absolute Gasteiger partial charge is 0.275 e. The van der Waals surface area contributed by atoms with Crippen molar-refractivity contribution in [3.05, 3.63) is 70.7 Å². The molecule has 0 saturated carbocycles. The lowest BCUT2D eigenvalue weighted by atomic mass is 10.1. The molecule has 2 aromatic carbocycles. The first-order chi connectivity index (χ1) is 12.6. The van der Waals surface area contributed by atoms with Crippen LogP contribution in [0.1, 0.15) is 30.0 Å². The Kier molecular flexibility index (Phi) is 5.46. The molecular formula is C21H21FN2O2. The van der Waals surface area contributed by atoms with Crippen molar-refractivity contribution >= 4 is 17.8 Å². The van der Waals surface area contributed by atoms with Gasteiger partial charge in [0.15, 0.2) is 0 Å². The summed E-state index contributed by atoms with van der Waals surface area (Å²) in [7, 11) is 1.61. The number of aryl methyl sites for hydroxylation is 2. The molecule has 1 amide bonds. The largest absolute Gasteiger partial charge is 0.496 e. The minimum absolute atomic E-state index is 0.219. The number of halogens is 1. The first-order valence-corrected chi connectivity index (χ1v) is 8.61. The van der Waals surface area contributed by atoms with Crippen molar-refractivity contribution in [1.29, 1.82) is 0 Å². The van der Waals surface area contributed by atoms with Crippen LogP contribution in [0.15, 0.2) is 53.2 Å². The molecule has 0 spiro atoms. The van der Waals surface area contributed by atoms with Gasteiger partial charge in [-0.2, -0.15) is 0 Å². The average Bonchev–Trinajstić information content (AvgIpc) is 3.00. The van der Waals surface area contributed by atoms with Gasteiger partial charge in [0.05, 0.1) is 7.11 Å². The summed E-state index contributed by atoms with van der Waals surface area (Å²) < 4.78 is 18.3. The highest BCUT2D eigenvalue weighted by Crippen LogP contribution is 2.24. The zero-order valence-corrected chi connectivity index (χ0v) is 14.9. The van der Waals surface area contributed by atoms with Gasteiger partial charge in [0.2, 0.25) is 0 Å². The summed E-state index contributed by atoms with van der Waals surface area (Å²) in [6.45, 7) is 2.08. The molecule has 0 aromatic heterocycles. The molecule has 0 unspecified atom stereocenters. The second-order valence-corrected chi connectivity index (χ2v) is 6.10. The van der Waals surface area contributed by atoms with Crippen molar-refractivity contribution in [2.24, 2.45) is 4.99 Å². The van der Waals surface area contributed by atoms with Gasteiger partial charge in [-0.3, -0.25) is 4.79 Å². The van der Waals surface area contributed by atoms with Gasteiger partial charge >= 0.3 is 0 Å². The maximum absolute atomic E-state index is 13.0. The predicted octanol–water partition coefficient (Wildman–Crippen LogP) is 3.90. The molecule has 134 valence electrons. The highest BCUT2D eigenvalue weighted by Gasteiger charge is 2.20.